The van der Waals surface area contributed by atoms with Crippen molar-refractivity contribution in [2.45, 2.75) is 52.4 Å². The first kappa shape index (κ1) is 20.0. The fraction of sp³-hybridized carbons (Fsp3) is 0.933. The normalized spacial score (nSPS) is 17.6. The monoisotopic (exact) mass is 397 g/mol. The molecule has 0 atom stereocenters. The summed E-state index contributed by atoms with van der Waals surface area (Å²) in [6, 6.07) is 0. The van der Waals surface area contributed by atoms with Crippen molar-refractivity contribution in [1.82, 2.24) is 10.6 Å². The second kappa shape index (κ2) is 11.6. The lowest BCUT2D eigenvalue weighted by Gasteiger charge is -2.30. The molecule has 1 rings (SSSR count). The molecule has 0 aromatic rings. The van der Waals surface area contributed by atoms with Gasteiger partial charge in [-0.2, -0.15) is 0 Å². The molecule has 1 aliphatic rings. The fourth-order valence-electron chi connectivity index (χ4n) is 2.81. The van der Waals surface area contributed by atoms with E-state index >= 15 is 0 Å². The SMILES string of the molecule is CCCNC(=NC)NCC1(CCOCC)CCCC1.I. The van der Waals surface area contributed by atoms with Crippen LogP contribution in [-0.2, 0) is 4.74 Å². The van der Waals surface area contributed by atoms with E-state index < -0.39 is 0 Å². The van der Waals surface area contributed by atoms with E-state index in [2.05, 4.69) is 29.5 Å². The predicted molar refractivity (Wildman–Crippen MR) is 97.1 cm³/mol. The molecule has 0 spiro atoms. The van der Waals surface area contributed by atoms with Crippen LogP contribution in [0, 0.1) is 5.41 Å². The predicted octanol–water partition coefficient (Wildman–Crippen LogP) is 3.17. The van der Waals surface area contributed by atoms with Gasteiger partial charge in [0.2, 0.25) is 0 Å². The Balaban J connectivity index is 0.00000361. The van der Waals surface area contributed by atoms with Gasteiger partial charge in [0.1, 0.15) is 0 Å². The summed E-state index contributed by atoms with van der Waals surface area (Å²) in [6.07, 6.45) is 7.63. The topological polar surface area (TPSA) is 45.7 Å². The van der Waals surface area contributed by atoms with Gasteiger partial charge in [-0.15, -0.1) is 24.0 Å². The Hall–Kier alpha value is -0.0400. The molecule has 1 saturated carbocycles. The highest BCUT2D eigenvalue weighted by atomic mass is 127. The molecule has 0 amide bonds. The molecular formula is C15H32IN3O. The van der Waals surface area contributed by atoms with Gasteiger partial charge >= 0.3 is 0 Å². The zero-order valence-corrected chi connectivity index (χ0v) is 15.7. The number of ether oxygens (including phenoxy) is 1. The third-order valence-corrected chi connectivity index (χ3v) is 4.04. The van der Waals surface area contributed by atoms with Gasteiger partial charge in [0.25, 0.3) is 0 Å². The molecule has 1 aliphatic carbocycles. The van der Waals surface area contributed by atoms with Crippen molar-refractivity contribution in [3.63, 3.8) is 0 Å². The van der Waals surface area contributed by atoms with Gasteiger partial charge in [0.15, 0.2) is 5.96 Å². The standard InChI is InChI=1S/C15H31N3O.HI/c1-4-11-17-14(16-3)18-13-15(8-6-7-9-15)10-12-19-5-2;/h4-13H2,1-3H3,(H2,16,17,18);1H. The maximum atomic E-state index is 5.54. The van der Waals surface area contributed by atoms with Crippen LogP contribution < -0.4 is 10.6 Å². The lowest BCUT2D eigenvalue weighted by atomic mass is 9.83. The minimum absolute atomic E-state index is 0. The van der Waals surface area contributed by atoms with Crippen LogP contribution in [0.1, 0.15) is 52.4 Å². The zero-order chi connectivity index (χ0) is 14.0. The number of halogens is 1. The third-order valence-electron chi connectivity index (χ3n) is 4.04. The molecule has 0 aromatic heterocycles. The van der Waals surface area contributed by atoms with Crippen molar-refractivity contribution in [3.05, 3.63) is 0 Å². The molecule has 5 heteroatoms. The van der Waals surface area contributed by atoms with Crippen LogP contribution in [0.5, 0.6) is 0 Å². The molecular weight excluding hydrogens is 365 g/mol. The Kier molecular flexibility index (Phi) is 11.6. The van der Waals surface area contributed by atoms with Crippen LogP contribution in [0.2, 0.25) is 0 Å². The molecule has 1 fully saturated rings. The molecule has 0 aromatic carbocycles. The highest BCUT2D eigenvalue weighted by molar-refractivity contribution is 14.0. The van der Waals surface area contributed by atoms with Crippen molar-refractivity contribution in [1.29, 1.82) is 0 Å². The van der Waals surface area contributed by atoms with Crippen LogP contribution in [-0.4, -0.2) is 39.3 Å². The van der Waals surface area contributed by atoms with Crippen molar-refractivity contribution >= 4 is 29.9 Å². The molecule has 20 heavy (non-hydrogen) atoms. The number of guanidine groups is 1. The van der Waals surface area contributed by atoms with E-state index in [0.717, 1.165) is 38.7 Å². The highest BCUT2D eigenvalue weighted by Crippen LogP contribution is 2.40. The second-order valence-electron chi connectivity index (χ2n) is 5.51. The van der Waals surface area contributed by atoms with Crippen molar-refractivity contribution in [2.24, 2.45) is 10.4 Å². The Morgan fingerprint density at radius 2 is 1.90 bits per heavy atom. The first-order valence-electron chi connectivity index (χ1n) is 7.78. The molecule has 0 unspecified atom stereocenters. The van der Waals surface area contributed by atoms with Crippen molar-refractivity contribution in [3.8, 4) is 0 Å². The quantitative estimate of drug-likeness (QED) is 0.286. The van der Waals surface area contributed by atoms with E-state index in [0.29, 0.717) is 5.41 Å². The van der Waals surface area contributed by atoms with E-state index in [-0.39, 0.29) is 24.0 Å². The molecule has 0 bridgehead atoms. The number of nitrogens with one attached hydrogen (secondary N) is 2. The summed E-state index contributed by atoms with van der Waals surface area (Å²) in [5.74, 6) is 0.935. The Morgan fingerprint density at radius 3 is 2.45 bits per heavy atom. The number of aliphatic imine (C=N–C) groups is 1. The van der Waals surface area contributed by atoms with E-state index in [4.69, 9.17) is 4.74 Å². The minimum atomic E-state index is 0. The summed E-state index contributed by atoms with van der Waals surface area (Å²) in [5, 5.41) is 6.83. The smallest absolute Gasteiger partial charge is 0.190 e. The summed E-state index contributed by atoms with van der Waals surface area (Å²) in [7, 11) is 1.84. The number of nitrogens with zero attached hydrogens (tertiary/aromatic N) is 1. The van der Waals surface area contributed by atoms with Gasteiger partial charge < -0.3 is 15.4 Å². The summed E-state index contributed by atoms with van der Waals surface area (Å²) in [6.45, 7) is 7.94. The maximum absolute atomic E-state index is 5.54. The van der Waals surface area contributed by atoms with Gasteiger partial charge in [-0.1, -0.05) is 19.8 Å². The lowest BCUT2D eigenvalue weighted by molar-refractivity contribution is 0.105. The summed E-state index contributed by atoms with van der Waals surface area (Å²) in [4.78, 5) is 4.28. The zero-order valence-electron chi connectivity index (χ0n) is 13.3. The summed E-state index contributed by atoms with van der Waals surface area (Å²) >= 11 is 0. The Bertz CT molecular complexity index is 266. The van der Waals surface area contributed by atoms with Crippen LogP contribution in [0.25, 0.3) is 0 Å². The van der Waals surface area contributed by atoms with E-state index in [1.54, 1.807) is 0 Å². The highest BCUT2D eigenvalue weighted by Gasteiger charge is 2.33. The van der Waals surface area contributed by atoms with Crippen molar-refractivity contribution < 1.29 is 4.74 Å². The van der Waals surface area contributed by atoms with Crippen LogP contribution in [0.3, 0.4) is 0 Å². The number of hydrogen-bond acceptors (Lipinski definition) is 2. The Morgan fingerprint density at radius 1 is 1.20 bits per heavy atom. The van der Waals surface area contributed by atoms with E-state index in [9.17, 15) is 0 Å². The fourth-order valence-corrected chi connectivity index (χ4v) is 2.81. The lowest BCUT2D eigenvalue weighted by Crippen LogP contribution is -2.43. The number of hydrogen-bond donors (Lipinski definition) is 2. The van der Waals surface area contributed by atoms with Gasteiger partial charge in [-0.05, 0) is 38.0 Å². The van der Waals surface area contributed by atoms with Gasteiger partial charge in [0, 0.05) is 33.4 Å². The molecule has 2 N–H and O–H groups in total. The molecule has 0 saturated heterocycles. The first-order valence-corrected chi connectivity index (χ1v) is 7.78. The van der Waals surface area contributed by atoms with E-state index in [1.165, 1.54) is 32.1 Å². The molecule has 4 nitrogen and oxygen atoms in total. The average Bonchev–Trinajstić information content (AvgIpc) is 2.89. The summed E-state index contributed by atoms with van der Waals surface area (Å²) in [5.41, 5.74) is 0.416. The first-order chi connectivity index (χ1) is 9.26. The Labute approximate surface area is 141 Å². The maximum Gasteiger partial charge on any atom is 0.190 e. The third kappa shape index (κ3) is 7.11. The van der Waals surface area contributed by atoms with Crippen molar-refractivity contribution in [2.75, 3.05) is 33.4 Å². The second-order valence-corrected chi connectivity index (χ2v) is 5.51. The van der Waals surface area contributed by atoms with Gasteiger partial charge in [-0.3, -0.25) is 4.99 Å². The molecule has 0 radical (unpaired) electrons. The van der Waals surface area contributed by atoms with Crippen LogP contribution in [0.15, 0.2) is 4.99 Å². The van der Waals surface area contributed by atoms with Crippen LogP contribution >= 0.6 is 24.0 Å². The van der Waals surface area contributed by atoms with Gasteiger partial charge in [0.05, 0.1) is 0 Å². The molecule has 0 aliphatic heterocycles. The number of rotatable bonds is 8. The molecule has 0 heterocycles. The van der Waals surface area contributed by atoms with Crippen LogP contribution in [0.4, 0.5) is 0 Å². The minimum Gasteiger partial charge on any atom is -0.382 e. The molecule has 120 valence electrons. The largest absolute Gasteiger partial charge is 0.382 e. The average molecular weight is 397 g/mol. The van der Waals surface area contributed by atoms with Gasteiger partial charge in [-0.25, -0.2) is 0 Å². The van der Waals surface area contributed by atoms with E-state index in [1.807, 2.05) is 7.05 Å². The summed E-state index contributed by atoms with van der Waals surface area (Å²) < 4.78 is 5.54.